The van der Waals surface area contributed by atoms with Gasteiger partial charge in [0.25, 0.3) is 5.91 Å². The van der Waals surface area contributed by atoms with E-state index in [1.807, 2.05) is 34.6 Å². The molecular weight excluding hydrogens is 234 g/mol. The molecule has 0 aromatic heterocycles. The first-order chi connectivity index (χ1) is 8.20. The van der Waals surface area contributed by atoms with Gasteiger partial charge in [-0.25, -0.2) is 9.69 Å². The van der Waals surface area contributed by atoms with Crippen LogP contribution in [-0.4, -0.2) is 42.8 Å². The highest BCUT2D eigenvalue weighted by molar-refractivity contribution is 5.96. The zero-order chi connectivity index (χ0) is 14.1. The maximum absolute atomic E-state index is 12.4. The van der Waals surface area contributed by atoms with Gasteiger partial charge in [-0.1, -0.05) is 34.6 Å². The Bertz CT molecular complexity index is 332. The highest BCUT2D eigenvalue weighted by Crippen LogP contribution is 2.28. The zero-order valence-electron chi connectivity index (χ0n) is 12.0. The first-order valence-corrected chi connectivity index (χ1v) is 6.22. The Labute approximate surface area is 108 Å². The number of hydrogen-bond acceptors (Lipinski definition) is 4. The third-order valence-electron chi connectivity index (χ3n) is 3.16. The lowest BCUT2D eigenvalue weighted by Gasteiger charge is -2.32. The van der Waals surface area contributed by atoms with Crippen LogP contribution in [0.5, 0.6) is 0 Å². The fraction of sp³-hybridized carbons (Fsp3) is 0.846. The number of amides is 2. The Morgan fingerprint density at radius 3 is 2.39 bits per heavy atom. The van der Waals surface area contributed by atoms with Gasteiger partial charge in [0.15, 0.2) is 0 Å². The number of hydrogen-bond donors (Lipinski definition) is 0. The van der Waals surface area contributed by atoms with Gasteiger partial charge in [-0.3, -0.25) is 4.79 Å². The number of carbonyl (C=O) groups excluding carboxylic acids is 2. The Balaban J connectivity index is 2.96. The van der Waals surface area contributed by atoms with E-state index >= 15 is 0 Å². The van der Waals surface area contributed by atoms with Crippen molar-refractivity contribution in [3.63, 3.8) is 0 Å². The molecule has 0 aliphatic carbocycles. The van der Waals surface area contributed by atoms with Crippen LogP contribution < -0.4 is 0 Å². The van der Waals surface area contributed by atoms with Crippen LogP contribution in [0.2, 0.25) is 0 Å². The van der Waals surface area contributed by atoms with Gasteiger partial charge in [0.05, 0.1) is 6.04 Å². The molecule has 2 atom stereocenters. The molecule has 0 N–H and O–H groups in total. The zero-order valence-corrected chi connectivity index (χ0v) is 12.0. The van der Waals surface area contributed by atoms with Crippen LogP contribution in [0.4, 0.5) is 4.79 Å². The maximum Gasteiger partial charge on any atom is 0.417 e. The number of imide groups is 1. The molecule has 0 aromatic carbocycles. The molecule has 5 nitrogen and oxygen atoms in total. The summed E-state index contributed by atoms with van der Waals surface area (Å²) in [6.07, 6.45) is -1.21. The summed E-state index contributed by atoms with van der Waals surface area (Å²) in [7, 11) is 1.49. The second-order valence-corrected chi connectivity index (χ2v) is 6.08. The number of carbonyl (C=O) groups is 2. The summed E-state index contributed by atoms with van der Waals surface area (Å²) in [4.78, 5) is 25.4. The van der Waals surface area contributed by atoms with Gasteiger partial charge in [0.1, 0.15) is 12.7 Å². The highest BCUT2D eigenvalue weighted by atomic mass is 16.6. The monoisotopic (exact) mass is 257 g/mol. The van der Waals surface area contributed by atoms with Gasteiger partial charge in [-0.2, -0.15) is 0 Å². The average Bonchev–Trinajstić information content (AvgIpc) is 2.58. The van der Waals surface area contributed by atoms with Gasteiger partial charge in [-0.15, -0.1) is 0 Å². The van der Waals surface area contributed by atoms with Crippen molar-refractivity contribution < 1.29 is 19.1 Å². The van der Waals surface area contributed by atoms with Gasteiger partial charge in [-0.05, 0) is 11.3 Å². The predicted molar refractivity (Wildman–Crippen MR) is 67.1 cm³/mol. The number of nitrogens with zero attached hydrogens (tertiary/aromatic N) is 1. The smallest absolute Gasteiger partial charge is 0.417 e. The molecule has 0 bridgehead atoms. The molecule has 104 valence electrons. The van der Waals surface area contributed by atoms with Crippen LogP contribution in [0.1, 0.15) is 34.6 Å². The summed E-state index contributed by atoms with van der Waals surface area (Å²) in [5.41, 5.74) is -0.365. The van der Waals surface area contributed by atoms with Crippen LogP contribution in [-0.2, 0) is 14.3 Å². The topological polar surface area (TPSA) is 55.8 Å². The molecule has 1 aliphatic rings. The molecule has 0 radical (unpaired) electrons. The molecule has 1 rings (SSSR count). The van der Waals surface area contributed by atoms with Crippen molar-refractivity contribution in [2.75, 3.05) is 13.7 Å². The van der Waals surface area contributed by atoms with Crippen LogP contribution in [0.15, 0.2) is 0 Å². The molecule has 0 saturated carbocycles. The molecule has 1 saturated heterocycles. The first kappa shape index (κ1) is 15.0. The molecule has 2 amide bonds. The second kappa shape index (κ2) is 5.26. The predicted octanol–water partition coefficient (Wildman–Crippen LogP) is 2.05. The molecule has 1 fully saturated rings. The minimum atomic E-state index is -0.649. The highest BCUT2D eigenvalue weighted by Gasteiger charge is 2.45. The lowest BCUT2D eigenvalue weighted by Crippen LogP contribution is -2.51. The summed E-state index contributed by atoms with van der Waals surface area (Å²) >= 11 is 0. The van der Waals surface area contributed by atoms with Crippen molar-refractivity contribution in [2.24, 2.45) is 11.3 Å². The van der Waals surface area contributed by atoms with Crippen molar-refractivity contribution in [2.45, 2.75) is 46.8 Å². The lowest BCUT2D eigenvalue weighted by atomic mass is 9.87. The Morgan fingerprint density at radius 1 is 1.44 bits per heavy atom. The van der Waals surface area contributed by atoms with Gasteiger partial charge < -0.3 is 9.47 Å². The van der Waals surface area contributed by atoms with E-state index < -0.39 is 12.2 Å². The standard InChI is InChI=1S/C13H23NO4/c1-8(2)9-7-18-12(16)14(9)11(15)10(17-6)13(3,4)5/h8-10H,7H2,1-6H3/t9-,10-/m1/s1. The average molecular weight is 257 g/mol. The Morgan fingerprint density at radius 2 is 2.00 bits per heavy atom. The van der Waals surface area contributed by atoms with Gasteiger partial charge in [0, 0.05) is 7.11 Å². The third-order valence-corrected chi connectivity index (χ3v) is 3.16. The SMILES string of the molecule is CO[C@H](C(=O)N1C(=O)OC[C@@H]1C(C)C)C(C)(C)C. The van der Waals surface area contributed by atoms with Crippen molar-refractivity contribution in [3.8, 4) is 0 Å². The molecular formula is C13H23NO4. The molecule has 5 heteroatoms. The molecule has 1 aliphatic heterocycles. The number of cyclic esters (lactones) is 1. The summed E-state index contributed by atoms with van der Waals surface area (Å²) in [5.74, 6) is -0.149. The van der Waals surface area contributed by atoms with E-state index in [9.17, 15) is 9.59 Å². The quantitative estimate of drug-likeness (QED) is 0.776. The minimum absolute atomic E-state index is 0.165. The molecule has 0 unspecified atom stereocenters. The van der Waals surface area contributed by atoms with Crippen LogP contribution in [0.25, 0.3) is 0 Å². The minimum Gasteiger partial charge on any atom is -0.447 e. The fourth-order valence-corrected chi connectivity index (χ4v) is 2.13. The molecule has 1 heterocycles. The Hall–Kier alpha value is -1.10. The van der Waals surface area contributed by atoms with Crippen LogP contribution in [0, 0.1) is 11.3 Å². The van der Waals surface area contributed by atoms with E-state index in [2.05, 4.69) is 0 Å². The summed E-state index contributed by atoms with van der Waals surface area (Å²) in [5, 5.41) is 0. The maximum atomic E-state index is 12.4. The van der Waals surface area contributed by atoms with E-state index in [1.165, 1.54) is 12.0 Å². The number of rotatable bonds is 3. The van der Waals surface area contributed by atoms with Crippen molar-refractivity contribution in [1.29, 1.82) is 0 Å². The summed E-state index contributed by atoms with van der Waals surface area (Å²) in [6, 6.07) is -0.204. The van der Waals surface area contributed by atoms with E-state index in [1.54, 1.807) is 0 Å². The van der Waals surface area contributed by atoms with Gasteiger partial charge in [0.2, 0.25) is 0 Å². The lowest BCUT2D eigenvalue weighted by molar-refractivity contribution is -0.146. The number of methoxy groups -OCH3 is 1. The molecule has 18 heavy (non-hydrogen) atoms. The molecule has 0 spiro atoms. The second-order valence-electron chi connectivity index (χ2n) is 6.08. The summed E-state index contributed by atoms with van der Waals surface area (Å²) < 4.78 is 10.2. The van der Waals surface area contributed by atoms with Crippen molar-refractivity contribution in [3.05, 3.63) is 0 Å². The summed E-state index contributed by atoms with van der Waals surface area (Å²) in [6.45, 7) is 9.92. The van der Waals surface area contributed by atoms with Crippen LogP contribution >= 0.6 is 0 Å². The number of ether oxygens (including phenoxy) is 2. The molecule has 0 aromatic rings. The van der Waals surface area contributed by atoms with Crippen molar-refractivity contribution in [1.82, 2.24) is 4.90 Å². The van der Waals surface area contributed by atoms with Crippen LogP contribution in [0.3, 0.4) is 0 Å². The normalized spacial score (nSPS) is 22.3. The fourth-order valence-electron chi connectivity index (χ4n) is 2.13. The third kappa shape index (κ3) is 2.83. The van der Waals surface area contributed by atoms with E-state index in [-0.39, 0.29) is 29.9 Å². The Kier molecular flexibility index (Phi) is 4.37. The van der Waals surface area contributed by atoms with E-state index in [4.69, 9.17) is 9.47 Å². The van der Waals surface area contributed by atoms with Crippen molar-refractivity contribution >= 4 is 12.0 Å². The van der Waals surface area contributed by atoms with E-state index in [0.29, 0.717) is 0 Å². The largest absolute Gasteiger partial charge is 0.447 e. The van der Waals surface area contributed by atoms with Gasteiger partial charge >= 0.3 is 6.09 Å². The van der Waals surface area contributed by atoms with E-state index in [0.717, 1.165) is 0 Å². The first-order valence-electron chi connectivity index (χ1n) is 6.22.